The van der Waals surface area contributed by atoms with Gasteiger partial charge in [0.15, 0.2) is 0 Å². The monoisotopic (exact) mass is 292 g/mol. The van der Waals surface area contributed by atoms with E-state index in [4.69, 9.17) is 0 Å². The lowest BCUT2D eigenvalue weighted by Crippen LogP contribution is -1.97. The van der Waals surface area contributed by atoms with Crippen molar-refractivity contribution in [2.45, 2.75) is 0 Å². The molecule has 0 amide bonds. The van der Waals surface area contributed by atoms with Gasteiger partial charge in [-0.15, -0.1) is 0 Å². The summed E-state index contributed by atoms with van der Waals surface area (Å²) >= 11 is 0. The third kappa shape index (κ3) is 2.96. The molecular weight excluding hydrogens is 276 g/mol. The van der Waals surface area contributed by atoms with Gasteiger partial charge in [-0.2, -0.15) is 0 Å². The van der Waals surface area contributed by atoms with Gasteiger partial charge in [0.25, 0.3) is 0 Å². The zero-order chi connectivity index (χ0) is 15.4. The van der Waals surface area contributed by atoms with Gasteiger partial charge in [-0.1, -0.05) is 36.4 Å². The maximum Gasteiger partial charge on any atom is 0.139 e. The van der Waals surface area contributed by atoms with Crippen LogP contribution in [0.15, 0.2) is 72.8 Å². The van der Waals surface area contributed by atoms with E-state index in [2.05, 4.69) is 10.6 Å². The Bertz CT molecular complexity index is 721. The molecule has 0 spiro atoms. The zero-order valence-corrected chi connectivity index (χ0v) is 11.8. The summed E-state index contributed by atoms with van der Waals surface area (Å²) < 4.78 is 0. The van der Waals surface area contributed by atoms with Crippen LogP contribution in [0.25, 0.3) is 0 Å². The van der Waals surface area contributed by atoms with Crippen molar-refractivity contribution in [3.63, 3.8) is 0 Å². The minimum atomic E-state index is 0.180. The van der Waals surface area contributed by atoms with Crippen LogP contribution in [0.5, 0.6) is 11.5 Å². The molecule has 3 aromatic rings. The predicted octanol–water partition coefficient (Wildman–Crippen LogP) is 4.59. The van der Waals surface area contributed by atoms with Gasteiger partial charge in [-0.05, 0) is 36.4 Å². The highest BCUT2D eigenvalue weighted by molar-refractivity contribution is 5.80. The van der Waals surface area contributed by atoms with Gasteiger partial charge < -0.3 is 20.8 Å². The summed E-state index contributed by atoms with van der Waals surface area (Å²) in [5, 5.41) is 26.1. The van der Waals surface area contributed by atoms with Crippen LogP contribution in [0.2, 0.25) is 0 Å². The highest BCUT2D eigenvalue weighted by atomic mass is 16.3. The molecule has 3 aromatic carbocycles. The Morgan fingerprint density at radius 1 is 0.455 bits per heavy atom. The number of hydrogen-bond donors (Lipinski definition) is 4. The summed E-state index contributed by atoms with van der Waals surface area (Å²) in [5.74, 6) is 0.361. The third-order valence-corrected chi connectivity index (χ3v) is 3.27. The normalized spacial score (nSPS) is 10.2. The smallest absolute Gasteiger partial charge is 0.139 e. The van der Waals surface area contributed by atoms with Crippen LogP contribution < -0.4 is 10.6 Å². The van der Waals surface area contributed by atoms with E-state index in [1.807, 2.05) is 36.4 Å². The van der Waals surface area contributed by atoms with Crippen molar-refractivity contribution in [3.05, 3.63) is 72.8 Å². The summed E-state index contributed by atoms with van der Waals surface area (Å²) in [4.78, 5) is 0. The second kappa shape index (κ2) is 6.10. The Morgan fingerprint density at radius 3 is 1.14 bits per heavy atom. The first-order chi connectivity index (χ1) is 10.7. The predicted molar refractivity (Wildman–Crippen MR) is 89.2 cm³/mol. The second-order valence-corrected chi connectivity index (χ2v) is 4.83. The fraction of sp³-hybridized carbons (Fsp3) is 0. The first kappa shape index (κ1) is 13.8. The number of aromatic hydroxyl groups is 2. The Kier molecular flexibility index (Phi) is 3.83. The van der Waals surface area contributed by atoms with E-state index in [1.54, 1.807) is 36.4 Å². The van der Waals surface area contributed by atoms with Crippen LogP contribution in [-0.2, 0) is 0 Å². The molecule has 3 rings (SSSR count). The highest BCUT2D eigenvalue weighted by Gasteiger charge is 2.07. The molecule has 4 N–H and O–H groups in total. The number of hydrogen-bond acceptors (Lipinski definition) is 4. The summed E-state index contributed by atoms with van der Waals surface area (Å²) in [6.45, 7) is 0. The molecule has 110 valence electrons. The fourth-order valence-corrected chi connectivity index (χ4v) is 2.15. The Labute approximate surface area is 128 Å². The van der Waals surface area contributed by atoms with Crippen LogP contribution in [0.1, 0.15) is 0 Å². The molecule has 22 heavy (non-hydrogen) atoms. The summed E-state index contributed by atoms with van der Waals surface area (Å²) in [5.41, 5.74) is 2.84. The molecule has 0 aliphatic rings. The number of phenolic OH excluding ortho intramolecular Hbond substituents is 2. The van der Waals surface area contributed by atoms with Gasteiger partial charge >= 0.3 is 0 Å². The molecule has 4 heteroatoms. The average Bonchev–Trinajstić information content (AvgIpc) is 2.53. The van der Waals surface area contributed by atoms with Crippen molar-refractivity contribution in [2.75, 3.05) is 10.6 Å². The van der Waals surface area contributed by atoms with Crippen molar-refractivity contribution in [3.8, 4) is 11.5 Å². The van der Waals surface area contributed by atoms with E-state index in [0.29, 0.717) is 11.4 Å². The Hall–Kier alpha value is -3.14. The molecule has 0 saturated carbocycles. The van der Waals surface area contributed by atoms with Crippen molar-refractivity contribution < 1.29 is 10.2 Å². The number of anilines is 4. The molecule has 4 nitrogen and oxygen atoms in total. The first-order valence-corrected chi connectivity index (χ1v) is 6.93. The molecule has 0 aliphatic heterocycles. The van der Waals surface area contributed by atoms with E-state index >= 15 is 0 Å². The Balaban J connectivity index is 1.91. The average molecular weight is 292 g/mol. The zero-order valence-electron chi connectivity index (χ0n) is 11.8. The lowest BCUT2D eigenvalue weighted by atomic mass is 10.2. The van der Waals surface area contributed by atoms with E-state index in [0.717, 1.165) is 11.4 Å². The van der Waals surface area contributed by atoms with Crippen LogP contribution in [-0.4, -0.2) is 10.2 Å². The van der Waals surface area contributed by atoms with Gasteiger partial charge in [-0.25, -0.2) is 0 Å². The van der Waals surface area contributed by atoms with Gasteiger partial charge in [0.2, 0.25) is 0 Å². The van der Waals surface area contributed by atoms with Crippen molar-refractivity contribution >= 4 is 22.7 Å². The summed E-state index contributed by atoms with van der Waals surface area (Å²) in [6.07, 6.45) is 0. The lowest BCUT2D eigenvalue weighted by molar-refractivity contribution is 0.477. The van der Waals surface area contributed by atoms with E-state index < -0.39 is 0 Å². The van der Waals surface area contributed by atoms with Crippen LogP contribution in [0.4, 0.5) is 22.7 Å². The summed E-state index contributed by atoms with van der Waals surface area (Å²) in [7, 11) is 0. The first-order valence-electron chi connectivity index (χ1n) is 6.93. The second-order valence-electron chi connectivity index (χ2n) is 4.83. The van der Waals surface area contributed by atoms with E-state index in [-0.39, 0.29) is 11.5 Å². The van der Waals surface area contributed by atoms with Gasteiger partial charge in [0.1, 0.15) is 11.5 Å². The molecule has 0 aromatic heterocycles. The maximum atomic E-state index is 9.87. The number of para-hydroxylation sites is 6. The fourth-order valence-electron chi connectivity index (χ4n) is 2.15. The standard InChI is InChI=1S/C18H16N2O2/c21-17-11-5-3-9-15(17)19-13-7-1-2-8-14(13)20-16-10-4-6-12-18(16)22/h1-12,19-22H. The van der Waals surface area contributed by atoms with Gasteiger partial charge in [0, 0.05) is 0 Å². The quantitative estimate of drug-likeness (QED) is 0.531. The molecule has 0 aliphatic carbocycles. The molecule has 0 bridgehead atoms. The minimum Gasteiger partial charge on any atom is -0.506 e. The maximum absolute atomic E-state index is 9.87. The number of nitrogens with one attached hydrogen (secondary N) is 2. The molecule has 0 heterocycles. The summed E-state index contributed by atoms with van der Waals surface area (Å²) in [6, 6.07) is 21.7. The largest absolute Gasteiger partial charge is 0.506 e. The third-order valence-electron chi connectivity index (χ3n) is 3.27. The highest BCUT2D eigenvalue weighted by Crippen LogP contribution is 2.33. The van der Waals surface area contributed by atoms with Gasteiger partial charge in [0.05, 0.1) is 22.7 Å². The van der Waals surface area contributed by atoms with Gasteiger partial charge in [-0.3, -0.25) is 0 Å². The Morgan fingerprint density at radius 2 is 0.773 bits per heavy atom. The van der Waals surface area contributed by atoms with Crippen LogP contribution in [0.3, 0.4) is 0 Å². The number of benzene rings is 3. The topological polar surface area (TPSA) is 64.5 Å². The molecule has 0 atom stereocenters. The number of rotatable bonds is 4. The van der Waals surface area contributed by atoms with Crippen LogP contribution in [0, 0.1) is 0 Å². The number of phenols is 2. The van der Waals surface area contributed by atoms with E-state index in [1.165, 1.54) is 0 Å². The molecular formula is C18H16N2O2. The SMILES string of the molecule is Oc1ccccc1Nc1ccccc1Nc1ccccc1O. The molecule has 0 fully saturated rings. The molecule has 0 unspecified atom stereocenters. The van der Waals surface area contributed by atoms with E-state index in [9.17, 15) is 10.2 Å². The minimum absolute atomic E-state index is 0.180. The van der Waals surface area contributed by atoms with Crippen LogP contribution >= 0.6 is 0 Å². The van der Waals surface area contributed by atoms with Crippen molar-refractivity contribution in [1.82, 2.24) is 0 Å². The van der Waals surface area contributed by atoms with Crippen molar-refractivity contribution in [2.24, 2.45) is 0 Å². The van der Waals surface area contributed by atoms with Crippen molar-refractivity contribution in [1.29, 1.82) is 0 Å². The lowest BCUT2D eigenvalue weighted by Gasteiger charge is -2.15. The molecule has 0 saturated heterocycles. The molecule has 0 radical (unpaired) electrons.